The first-order valence-corrected chi connectivity index (χ1v) is 7.41. The molecule has 0 spiro atoms. The molecule has 0 unspecified atom stereocenters. The molecule has 0 fully saturated rings. The Labute approximate surface area is 91.1 Å². The van der Waals surface area contributed by atoms with Crippen LogP contribution in [-0.4, -0.2) is 15.0 Å². The summed E-state index contributed by atoms with van der Waals surface area (Å²) in [5.74, 6) is 0. The third kappa shape index (κ3) is 1.32. The molecule has 0 amide bonds. The van der Waals surface area contributed by atoms with Crippen molar-refractivity contribution >= 4 is 57.3 Å². The molecule has 64 valence electrons. The fourth-order valence-electron chi connectivity index (χ4n) is 1.29. The molecule has 2 aromatic rings. The molecule has 0 saturated heterocycles. The van der Waals surface area contributed by atoms with Crippen molar-refractivity contribution in [3.8, 4) is 0 Å². The Kier molecular flexibility index (Phi) is 1.91. The van der Waals surface area contributed by atoms with Gasteiger partial charge in [0.2, 0.25) is 0 Å². The Hall–Kier alpha value is -0.341. The molecule has 3 heteroatoms. The van der Waals surface area contributed by atoms with Gasteiger partial charge in [0.05, 0.1) is 0 Å². The molecule has 0 nitrogen and oxygen atoms in total. The average Bonchev–Trinajstić information content (AvgIpc) is 2.72. The molecule has 0 N–H and O–H groups in total. The fraction of sp³-hybridized carbons (Fsp3) is 0. The summed E-state index contributed by atoms with van der Waals surface area (Å²) in [4.78, 5) is 0. The molecule has 0 radical (unpaired) electrons. The molecule has 3 rings (SSSR count). The summed E-state index contributed by atoms with van der Waals surface area (Å²) in [5, 5.41) is 4.38. The van der Waals surface area contributed by atoms with Crippen LogP contribution in [0.3, 0.4) is 0 Å². The Balaban J connectivity index is 2.20. The van der Waals surface area contributed by atoms with Crippen LogP contribution in [-0.2, 0) is 0 Å². The molecule has 0 atom stereocenters. The van der Waals surface area contributed by atoms with Crippen LogP contribution in [0.1, 0.15) is 11.1 Å². The summed E-state index contributed by atoms with van der Waals surface area (Å²) >= 11 is 4.32. The summed E-state index contributed by atoms with van der Waals surface area (Å²) in [6, 6.07) is 4.43. The predicted octanol–water partition coefficient (Wildman–Crippen LogP) is 1.95. The van der Waals surface area contributed by atoms with E-state index in [4.69, 9.17) is 0 Å². The van der Waals surface area contributed by atoms with Gasteiger partial charge in [0.25, 0.3) is 0 Å². The Morgan fingerprint density at radius 3 is 1.92 bits per heavy atom. The molecule has 3 heterocycles. The van der Waals surface area contributed by atoms with E-state index in [9.17, 15) is 0 Å². The molecule has 0 aliphatic carbocycles. The number of hydrogen-bond acceptors (Lipinski definition) is 2. The van der Waals surface area contributed by atoms with Crippen molar-refractivity contribution in [2.45, 2.75) is 0 Å². The summed E-state index contributed by atoms with van der Waals surface area (Å²) < 4.78 is 3.12. The molecule has 0 bridgehead atoms. The van der Waals surface area contributed by atoms with Gasteiger partial charge in [0.15, 0.2) is 0 Å². The van der Waals surface area contributed by atoms with Crippen LogP contribution in [0, 0.1) is 0 Å². The molecule has 2 aromatic heterocycles. The van der Waals surface area contributed by atoms with E-state index < -0.39 is 0 Å². The second-order valence-electron chi connectivity index (χ2n) is 2.76. The number of hydrogen-bond donors (Lipinski definition) is 0. The molecule has 0 saturated carbocycles. The van der Waals surface area contributed by atoms with Crippen molar-refractivity contribution < 1.29 is 0 Å². The average molecular weight is 269 g/mol. The van der Waals surface area contributed by atoms with E-state index in [2.05, 4.69) is 35.0 Å². The summed E-state index contributed by atoms with van der Waals surface area (Å²) in [6.07, 6.45) is 4.48. The normalized spacial score (nSPS) is 13.5. The molecule has 1 aliphatic rings. The number of fused-ring (bicyclic) bond motifs is 2. The maximum absolute atomic E-state index is 2.24. The van der Waals surface area contributed by atoms with Gasteiger partial charge < -0.3 is 0 Å². The first-order valence-electron chi connectivity index (χ1n) is 3.94. The van der Waals surface area contributed by atoms with Crippen LogP contribution in [0.25, 0.3) is 12.2 Å². The predicted molar refractivity (Wildman–Crippen MR) is 62.6 cm³/mol. The third-order valence-electron chi connectivity index (χ3n) is 1.94. The van der Waals surface area contributed by atoms with Gasteiger partial charge in [-0.05, 0) is 0 Å². The van der Waals surface area contributed by atoms with Gasteiger partial charge in [-0.1, -0.05) is 0 Å². The van der Waals surface area contributed by atoms with Crippen molar-refractivity contribution in [1.29, 1.82) is 0 Å². The van der Waals surface area contributed by atoms with Gasteiger partial charge in [-0.2, -0.15) is 0 Å². The van der Waals surface area contributed by atoms with Crippen LogP contribution in [0.2, 0.25) is 0 Å². The standard InChI is InChI=1S/C10H6S2Se/c1-2-8-4-6-12-10(8)13-9-7(1)3-5-11-9/h1-6H. The van der Waals surface area contributed by atoms with Crippen LogP contribution in [0.4, 0.5) is 0 Å². The van der Waals surface area contributed by atoms with Crippen molar-refractivity contribution in [1.82, 2.24) is 0 Å². The molecule has 1 aliphatic heterocycles. The first-order chi connectivity index (χ1) is 6.43. The van der Waals surface area contributed by atoms with Crippen LogP contribution in [0.5, 0.6) is 0 Å². The van der Waals surface area contributed by atoms with Crippen molar-refractivity contribution in [2.24, 2.45) is 0 Å². The second kappa shape index (κ2) is 3.10. The van der Waals surface area contributed by atoms with Crippen molar-refractivity contribution in [2.75, 3.05) is 0 Å². The molecular weight excluding hydrogens is 263 g/mol. The van der Waals surface area contributed by atoms with E-state index in [1.165, 1.54) is 11.1 Å². The zero-order valence-electron chi connectivity index (χ0n) is 6.69. The SMILES string of the molecule is C1=Cc2ccsc2[Se]c2sccc21. The first kappa shape index (κ1) is 8.01. The molecular formula is C10H6S2Se. The third-order valence-corrected chi connectivity index (χ3v) is 7.23. The minimum absolute atomic E-state index is 0.538. The molecule has 0 aromatic carbocycles. The second-order valence-corrected chi connectivity index (χ2v) is 7.90. The number of rotatable bonds is 0. The summed E-state index contributed by atoms with van der Waals surface area (Å²) in [7, 11) is 0. The Bertz CT molecular complexity index is 422. The van der Waals surface area contributed by atoms with E-state index in [1.807, 2.05) is 22.7 Å². The maximum atomic E-state index is 2.24. The fourth-order valence-corrected chi connectivity index (χ4v) is 6.47. The van der Waals surface area contributed by atoms with Crippen LogP contribution in [0.15, 0.2) is 22.9 Å². The zero-order chi connectivity index (χ0) is 8.67. The Morgan fingerprint density at radius 2 is 1.38 bits per heavy atom. The zero-order valence-corrected chi connectivity index (χ0v) is 10.0. The van der Waals surface area contributed by atoms with E-state index in [1.54, 1.807) is 7.55 Å². The van der Waals surface area contributed by atoms with Gasteiger partial charge >= 0.3 is 91.4 Å². The van der Waals surface area contributed by atoms with Gasteiger partial charge in [0.1, 0.15) is 0 Å². The summed E-state index contributed by atoms with van der Waals surface area (Å²) in [5.41, 5.74) is 2.85. The van der Waals surface area contributed by atoms with E-state index >= 15 is 0 Å². The van der Waals surface area contributed by atoms with Gasteiger partial charge in [0, 0.05) is 0 Å². The van der Waals surface area contributed by atoms with Crippen LogP contribution >= 0.6 is 22.7 Å². The number of thiophene rings is 2. The van der Waals surface area contributed by atoms with Crippen molar-refractivity contribution in [3.63, 3.8) is 0 Å². The van der Waals surface area contributed by atoms with E-state index in [-0.39, 0.29) is 0 Å². The quantitative estimate of drug-likeness (QED) is 0.547. The van der Waals surface area contributed by atoms with Crippen molar-refractivity contribution in [3.05, 3.63) is 34.0 Å². The van der Waals surface area contributed by atoms with Gasteiger partial charge in [-0.25, -0.2) is 0 Å². The topological polar surface area (TPSA) is 0 Å². The van der Waals surface area contributed by atoms with Gasteiger partial charge in [-0.3, -0.25) is 0 Å². The van der Waals surface area contributed by atoms with Gasteiger partial charge in [-0.15, -0.1) is 0 Å². The summed E-state index contributed by atoms with van der Waals surface area (Å²) in [6.45, 7) is 0. The van der Waals surface area contributed by atoms with E-state index in [0.717, 1.165) is 0 Å². The van der Waals surface area contributed by atoms with E-state index in [0.29, 0.717) is 15.0 Å². The molecule has 13 heavy (non-hydrogen) atoms. The minimum atomic E-state index is 0.538. The Morgan fingerprint density at radius 1 is 0.846 bits per heavy atom. The monoisotopic (exact) mass is 270 g/mol. The van der Waals surface area contributed by atoms with Crippen LogP contribution < -0.4 is 7.55 Å².